The van der Waals surface area contributed by atoms with Crippen molar-refractivity contribution >= 4 is 11.5 Å². The van der Waals surface area contributed by atoms with Gasteiger partial charge < -0.3 is 16.2 Å². The van der Waals surface area contributed by atoms with Gasteiger partial charge in [0, 0.05) is 42.2 Å². The zero-order valence-corrected chi connectivity index (χ0v) is 12.1. The van der Waals surface area contributed by atoms with E-state index in [0.717, 1.165) is 22.4 Å². The number of anilines is 2. The van der Waals surface area contributed by atoms with Crippen LogP contribution < -0.4 is 11.5 Å². The summed E-state index contributed by atoms with van der Waals surface area (Å²) in [5.41, 5.74) is 16.3. The van der Waals surface area contributed by atoms with Crippen LogP contribution in [0.2, 0.25) is 0 Å². The average Bonchev–Trinajstić information content (AvgIpc) is 2.42. The zero-order chi connectivity index (χ0) is 14.7. The third-order valence-corrected chi connectivity index (χ3v) is 3.41. The van der Waals surface area contributed by atoms with Crippen LogP contribution in [0.1, 0.15) is 24.1 Å². The predicted molar refractivity (Wildman–Crippen MR) is 81.3 cm³/mol. The Labute approximate surface area is 119 Å². The molecule has 2 aromatic rings. The number of ether oxygens (including phenoxy) is 1. The van der Waals surface area contributed by atoms with Gasteiger partial charge in [0.25, 0.3) is 0 Å². The lowest BCUT2D eigenvalue weighted by molar-refractivity contribution is 0.184. The maximum absolute atomic E-state index is 6.08. The van der Waals surface area contributed by atoms with Crippen molar-refractivity contribution in [3.8, 4) is 11.1 Å². The Morgan fingerprint density at radius 3 is 2.60 bits per heavy atom. The summed E-state index contributed by atoms with van der Waals surface area (Å²) < 4.78 is 5.25. The smallest absolute Gasteiger partial charge is 0.147 e. The number of rotatable bonds is 4. The van der Waals surface area contributed by atoms with E-state index in [4.69, 9.17) is 16.2 Å². The minimum Gasteiger partial charge on any atom is -0.395 e. The van der Waals surface area contributed by atoms with Gasteiger partial charge >= 0.3 is 0 Å². The Hall–Kier alpha value is -2.14. The van der Waals surface area contributed by atoms with Gasteiger partial charge in [-0.1, -0.05) is 6.92 Å². The molecule has 5 heteroatoms. The van der Waals surface area contributed by atoms with Crippen LogP contribution in [0.3, 0.4) is 0 Å². The molecule has 0 amide bonds. The molecule has 5 nitrogen and oxygen atoms in total. The summed E-state index contributed by atoms with van der Waals surface area (Å²) in [6.45, 7) is 4.72. The van der Waals surface area contributed by atoms with E-state index >= 15 is 0 Å². The van der Waals surface area contributed by atoms with E-state index in [0.29, 0.717) is 18.1 Å². The maximum Gasteiger partial charge on any atom is 0.147 e. The lowest BCUT2D eigenvalue weighted by Gasteiger charge is -2.19. The number of aryl methyl sites for hydroxylation is 1. The van der Waals surface area contributed by atoms with Crippen LogP contribution in [0, 0.1) is 6.92 Å². The lowest BCUT2D eigenvalue weighted by Crippen LogP contribution is -2.07. The second kappa shape index (κ2) is 5.88. The van der Waals surface area contributed by atoms with Crippen LogP contribution in [-0.4, -0.2) is 23.7 Å². The molecular weight excluding hydrogens is 252 g/mol. The number of aromatic nitrogens is 2. The number of hydrogen-bond acceptors (Lipinski definition) is 5. The molecule has 0 fully saturated rings. The first-order valence-corrected chi connectivity index (χ1v) is 6.51. The molecule has 0 aromatic carbocycles. The van der Waals surface area contributed by atoms with Gasteiger partial charge in [-0.25, -0.2) is 4.98 Å². The Morgan fingerprint density at radius 1 is 1.20 bits per heavy atom. The molecule has 0 aliphatic heterocycles. The van der Waals surface area contributed by atoms with Crippen LogP contribution in [0.25, 0.3) is 11.1 Å². The molecule has 0 radical (unpaired) electrons. The van der Waals surface area contributed by atoms with Crippen molar-refractivity contribution in [3.63, 3.8) is 0 Å². The quantitative estimate of drug-likeness (QED) is 0.892. The average molecular weight is 272 g/mol. The van der Waals surface area contributed by atoms with Crippen molar-refractivity contribution in [2.45, 2.75) is 19.8 Å². The Morgan fingerprint density at radius 2 is 1.90 bits per heavy atom. The SMILES string of the molecule is COCC(C)c1ccnc(C)c1-c1ccnc(N)c1N. The van der Waals surface area contributed by atoms with Gasteiger partial charge in [0.2, 0.25) is 0 Å². The molecule has 0 spiro atoms. The van der Waals surface area contributed by atoms with E-state index in [1.807, 2.05) is 19.1 Å². The fraction of sp³-hybridized carbons (Fsp3) is 0.333. The molecule has 106 valence electrons. The van der Waals surface area contributed by atoms with Gasteiger partial charge in [-0.05, 0) is 24.6 Å². The lowest BCUT2D eigenvalue weighted by atomic mass is 9.91. The molecule has 0 bridgehead atoms. The van der Waals surface area contributed by atoms with Gasteiger partial charge in [-0.3, -0.25) is 4.98 Å². The predicted octanol–water partition coefficient (Wildman–Crippen LogP) is 2.37. The summed E-state index contributed by atoms with van der Waals surface area (Å²) in [5.74, 6) is 0.585. The highest BCUT2D eigenvalue weighted by Crippen LogP contribution is 2.36. The number of nitrogens with two attached hydrogens (primary N) is 2. The second-order valence-corrected chi connectivity index (χ2v) is 4.87. The molecule has 0 saturated carbocycles. The number of pyridine rings is 2. The monoisotopic (exact) mass is 272 g/mol. The minimum absolute atomic E-state index is 0.241. The fourth-order valence-electron chi connectivity index (χ4n) is 2.39. The van der Waals surface area contributed by atoms with Crippen molar-refractivity contribution in [1.82, 2.24) is 9.97 Å². The van der Waals surface area contributed by atoms with E-state index in [1.54, 1.807) is 19.5 Å². The topological polar surface area (TPSA) is 87.0 Å². The van der Waals surface area contributed by atoms with Gasteiger partial charge in [0.15, 0.2) is 0 Å². The van der Waals surface area contributed by atoms with Crippen molar-refractivity contribution < 1.29 is 4.74 Å². The van der Waals surface area contributed by atoms with Gasteiger partial charge in [0.05, 0.1) is 12.3 Å². The summed E-state index contributed by atoms with van der Waals surface area (Å²) in [5, 5.41) is 0. The van der Waals surface area contributed by atoms with E-state index in [1.165, 1.54) is 0 Å². The summed E-state index contributed by atoms with van der Waals surface area (Å²) in [4.78, 5) is 8.38. The van der Waals surface area contributed by atoms with Crippen molar-refractivity contribution in [2.24, 2.45) is 0 Å². The van der Waals surface area contributed by atoms with Crippen LogP contribution in [0.15, 0.2) is 24.5 Å². The maximum atomic E-state index is 6.08. The number of hydrogen-bond donors (Lipinski definition) is 2. The molecule has 2 rings (SSSR count). The van der Waals surface area contributed by atoms with Gasteiger partial charge in [0.1, 0.15) is 5.82 Å². The summed E-state index contributed by atoms with van der Waals surface area (Å²) in [6.07, 6.45) is 3.47. The van der Waals surface area contributed by atoms with Crippen molar-refractivity contribution in [3.05, 3.63) is 35.8 Å². The Kier molecular flexibility index (Phi) is 4.20. The molecule has 2 aromatic heterocycles. The van der Waals surface area contributed by atoms with Crippen LogP contribution in [-0.2, 0) is 4.74 Å². The molecule has 20 heavy (non-hydrogen) atoms. The molecule has 0 aliphatic rings. The highest BCUT2D eigenvalue weighted by Gasteiger charge is 2.17. The number of nitrogen functional groups attached to an aromatic ring is 2. The summed E-state index contributed by atoms with van der Waals surface area (Å²) >= 11 is 0. The molecule has 4 N–H and O–H groups in total. The highest BCUT2D eigenvalue weighted by molar-refractivity contribution is 5.85. The molecule has 2 heterocycles. The molecule has 0 aliphatic carbocycles. The number of nitrogens with zero attached hydrogens (tertiary/aromatic N) is 2. The van der Waals surface area contributed by atoms with Crippen molar-refractivity contribution in [2.75, 3.05) is 25.2 Å². The van der Waals surface area contributed by atoms with Gasteiger partial charge in [-0.15, -0.1) is 0 Å². The molecule has 1 unspecified atom stereocenters. The molecule has 1 atom stereocenters. The highest BCUT2D eigenvalue weighted by atomic mass is 16.5. The Balaban J connectivity index is 2.63. The van der Waals surface area contributed by atoms with Crippen LogP contribution >= 0.6 is 0 Å². The van der Waals surface area contributed by atoms with E-state index in [2.05, 4.69) is 16.9 Å². The zero-order valence-electron chi connectivity index (χ0n) is 12.1. The first-order valence-electron chi connectivity index (χ1n) is 6.51. The van der Waals surface area contributed by atoms with Crippen LogP contribution in [0.5, 0.6) is 0 Å². The van der Waals surface area contributed by atoms with Crippen molar-refractivity contribution in [1.29, 1.82) is 0 Å². The third kappa shape index (κ3) is 2.58. The van der Waals surface area contributed by atoms with Crippen LogP contribution in [0.4, 0.5) is 11.5 Å². The summed E-state index contributed by atoms with van der Waals surface area (Å²) in [7, 11) is 1.70. The largest absolute Gasteiger partial charge is 0.395 e. The Bertz CT molecular complexity index is 613. The van der Waals surface area contributed by atoms with E-state index in [9.17, 15) is 0 Å². The molecular formula is C15H20N4O. The molecule has 0 saturated heterocycles. The second-order valence-electron chi connectivity index (χ2n) is 4.87. The van der Waals surface area contributed by atoms with E-state index in [-0.39, 0.29) is 5.92 Å². The first-order chi connectivity index (χ1) is 9.56. The first kappa shape index (κ1) is 14.3. The minimum atomic E-state index is 0.241. The standard InChI is InChI=1S/C15H20N4O/c1-9(8-20-3)11-4-6-18-10(2)13(11)12-5-7-19-15(17)14(12)16/h4-7,9H,8,16H2,1-3H3,(H2,17,19). The van der Waals surface area contributed by atoms with Gasteiger partial charge in [-0.2, -0.15) is 0 Å². The normalized spacial score (nSPS) is 12.3. The van der Waals surface area contributed by atoms with E-state index < -0.39 is 0 Å². The third-order valence-electron chi connectivity index (χ3n) is 3.41. The fourth-order valence-corrected chi connectivity index (χ4v) is 2.39. The number of methoxy groups -OCH3 is 1. The summed E-state index contributed by atoms with van der Waals surface area (Å²) in [6, 6.07) is 3.88.